The fourth-order valence-corrected chi connectivity index (χ4v) is 1.86. The Morgan fingerprint density at radius 2 is 2.22 bits per heavy atom. The van der Waals surface area contributed by atoms with Gasteiger partial charge in [0.1, 0.15) is 11.9 Å². The molecule has 0 bridgehead atoms. The molecule has 5 nitrogen and oxygen atoms in total. The van der Waals surface area contributed by atoms with Crippen molar-refractivity contribution in [3.05, 3.63) is 34.1 Å². The summed E-state index contributed by atoms with van der Waals surface area (Å²) in [5, 5.41) is 20.3. The minimum absolute atomic E-state index is 0.0220. The van der Waals surface area contributed by atoms with Crippen molar-refractivity contribution < 1.29 is 19.1 Å². The van der Waals surface area contributed by atoms with Crippen molar-refractivity contribution in [2.45, 2.75) is 13.2 Å². The maximum Gasteiger partial charge on any atom is 0.184 e. The summed E-state index contributed by atoms with van der Waals surface area (Å²) in [5.74, 6) is -0.713. The summed E-state index contributed by atoms with van der Waals surface area (Å²) in [5.41, 5.74) is 0.965. The van der Waals surface area contributed by atoms with Gasteiger partial charge in [-0.2, -0.15) is 5.26 Å². The minimum Gasteiger partial charge on any atom is -0.411 e. The monoisotopic (exact) mass is 250 g/mol. The quantitative estimate of drug-likeness (QED) is 0.494. The van der Waals surface area contributed by atoms with E-state index in [2.05, 4.69) is 5.16 Å². The molecule has 1 saturated heterocycles. The summed E-state index contributed by atoms with van der Waals surface area (Å²) in [6.45, 7) is 2.53. The molecule has 1 N–H and O–H groups in total. The lowest BCUT2D eigenvalue weighted by atomic mass is 9.98. The van der Waals surface area contributed by atoms with Crippen molar-refractivity contribution in [3.8, 4) is 6.07 Å². The Morgan fingerprint density at radius 1 is 1.56 bits per heavy atom. The van der Waals surface area contributed by atoms with Gasteiger partial charge in [-0.15, -0.1) is 0 Å². The van der Waals surface area contributed by atoms with Gasteiger partial charge < -0.3 is 14.7 Å². The molecule has 1 aliphatic rings. The molecule has 1 aliphatic heterocycles. The highest BCUT2D eigenvalue weighted by Gasteiger charge is 2.24. The maximum absolute atomic E-state index is 13.9. The highest BCUT2D eigenvalue weighted by atomic mass is 19.1. The Morgan fingerprint density at radius 3 is 2.78 bits per heavy atom. The number of nitriles is 1. The van der Waals surface area contributed by atoms with Gasteiger partial charge in [-0.05, 0) is 18.6 Å². The number of nitrogens with zero attached hydrogens (tertiary/aromatic N) is 2. The third-order valence-electron chi connectivity index (χ3n) is 2.78. The van der Waals surface area contributed by atoms with Crippen molar-refractivity contribution in [2.75, 3.05) is 13.2 Å². The molecule has 0 amide bonds. The average molecular weight is 250 g/mol. The van der Waals surface area contributed by atoms with E-state index in [1.54, 1.807) is 13.0 Å². The first-order valence-corrected chi connectivity index (χ1v) is 5.32. The lowest BCUT2D eigenvalue weighted by Gasteiger charge is -2.15. The molecule has 6 heteroatoms. The van der Waals surface area contributed by atoms with Gasteiger partial charge in [-0.3, -0.25) is 0 Å². The third kappa shape index (κ3) is 2.06. The largest absolute Gasteiger partial charge is 0.411 e. The van der Waals surface area contributed by atoms with Crippen LogP contribution < -0.4 is 0 Å². The lowest BCUT2D eigenvalue weighted by molar-refractivity contribution is -0.0446. The predicted molar refractivity (Wildman–Crippen MR) is 59.9 cm³/mol. The second kappa shape index (κ2) is 5.12. The number of halogens is 1. The van der Waals surface area contributed by atoms with Gasteiger partial charge in [0, 0.05) is 11.1 Å². The van der Waals surface area contributed by atoms with Crippen molar-refractivity contribution in [3.63, 3.8) is 0 Å². The van der Waals surface area contributed by atoms with E-state index in [9.17, 15) is 4.39 Å². The van der Waals surface area contributed by atoms with Gasteiger partial charge in [-0.25, -0.2) is 4.39 Å². The van der Waals surface area contributed by atoms with Crippen LogP contribution in [0.1, 0.15) is 28.5 Å². The lowest BCUT2D eigenvalue weighted by Crippen LogP contribution is -2.07. The van der Waals surface area contributed by atoms with E-state index in [1.165, 1.54) is 6.07 Å². The molecule has 0 aromatic heterocycles. The Labute approximate surface area is 103 Å². The molecular weight excluding hydrogens is 239 g/mol. The van der Waals surface area contributed by atoms with Crippen LogP contribution in [0, 0.1) is 24.1 Å². The molecule has 94 valence electrons. The molecule has 18 heavy (non-hydrogen) atoms. The summed E-state index contributed by atoms with van der Waals surface area (Å²) >= 11 is 0. The number of ether oxygens (including phenoxy) is 2. The van der Waals surface area contributed by atoms with Gasteiger partial charge in [0.2, 0.25) is 0 Å². The Bertz CT molecular complexity index is 531. The van der Waals surface area contributed by atoms with E-state index in [-0.39, 0.29) is 11.1 Å². The van der Waals surface area contributed by atoms with E-state index >= 15 is 0 Å². The van der Waals surface area contributed by atoms with Crippen LogP contribution in [0.25, 0.3) is 0 Å². The van der Waals surface area contributed by atoms with Crippen LogP contribution in [0.3, 0.4) is 0 Å². The SMILES string of the molecule is Cc1c(C2OCCO2)cc(/C=N/O)c(F)c1C#N. The number of hydrogen-bond donors (Lipinski definition) is 1. The van der Waals surface area contributed by atoms with Crippen molar-refractivity contribution in [2.24, 2.45) is 5.16 Å². The molecule has 1 heterocycles. The summed E-state index contributed by atoms with van der Waals surface area (Å²) in [6.07, 6.45) is 0.331. The van der Waals surface area contributed by atoms with Crippen LogP contribution >= 0.6 is 0 Å². The maximum atomic E-state index is 13.9. The van der Waals surface area contributed by atoms with Gasteiger partial charge in [0.15, 0.2) is 6.29 Å². The fourth-order valence-electron chi connectivity index (χ4n) is 1.86. The number of benzene rings is 1. The van der Waals surface area contributed by atoms with Crippen LogP contribution in [0.4, 0.5) is 4.39 Å². The molecule has 0 radical (unpaired) electrons. The van der Waals surface area contributed by atoms with Crippen LogP contribution in [-0.2, 0) is 9.47 Å². The van der Waals surface area contributed by atoms with Gasteiger partial charge in [0.05, 0.1) is 25.0 Å². The highest BCUT2D eigenvalue weighted by molar-refractivity contribution is 5.81. The Hall–Kier alpha value is -1.97. The molecule has 0 unspecified atom stereocenters. The van der Waals surface area contributed by atoms with Crippen LogP contribution in [0.5, 0.6) is 0 Å². The Kier molecular flexibility index (Phi) is 3.55. The molecule has 1 aromatic rings. The van der Waals surface area contributed by atoms with Crippen molar-refractivity contribution >= 4 is 6.21 Å². The molecular formula is C12H11FN2O3. The van der Waals surface area contributed by atoms with Gasteiger partial charge in [-0.1, -0.05) is 5.16 Å². The van der Waals surface area contributed by atoms with Crippen LogP contribution in [0.15, 0.2) is 11.2 Å². The second-order valence-corrected chi connectivity index (χ2v) is 3.80. The number of hydrogen-bond acceptors (Lipinski definition) is 5. The molecule has 2 rings (SSSR count). The molecule has 1 fully saturated rings. The smallest absolute Gasteiger partial charge is 0.184 e. The Balaban J connectivity index is 2.59. The van der Waals surface area contributed by atoms with Gasteiger partial charge >= 0.3 is 0 Å². The number of oxime groups is 1. The fraction of sp³-hybridized carbons (Fsp3) is 0.333. The van der Waals surface area contributed by atoms with E-state index in [0.29, 0.717) is 24.3 Å². The first-order valence-electron chi connectivity index (χ1n) is 5.32. The summed E-state index contributed by atoms with van der Waals surface area (Å²) in [7, 11) is 0. The van der Waals surface area contributed by atoms with Gasteiger partial charge in [0.25, 0.3) is 0 Å². The normalized spacial score (nSPS) is 16.3. The summed E-state index contributed by atoms with van der Waals surface area (Å²) < 4.78 is 24.5. The standard InChI is InChI=1S/C12H11FN2O3/c1-7-9(12-17-2-3-18-12)4-8(6-15-16)11(13)10(7)5-14/h4,6,12,16H,2-3H2,1H3/b15-6+. The topological polar surface area (TPSA) is 74.8 Å². The first-order chi connectivity index (χ1) is 8.69. The average Bonchev–Trinajstić information content (AvgIpc) is 2.87. The zero-order valence-electron chi connectivity index (χ0n) is 9.68. The molecule has 1 aromatic carbocycles. The predicted octanol–water partition coefficient (Wildman–Crippen LogP) is 1.86. The van der Waals surface area contributed by atoms with E-state index in [0.717, 1.165) is 6.21 Å². The molecule has 0 spiro atoms. The molecule has 0 aliphatic carbocycles. The highest BCUT2D eigenvalue weighted by Crippen LogP contribution is 2.30. The van der Waals surface area contributed by atoms with Crippen molar-refractivity contribution in [1.82, 2.24) is 0 Å². The van der Waals surface area contributed by atoms with E-state index < -0.39 is 12.1 Å². The van der Waals surface area contributed by atoms with Crippen molar-refractivity contribution in [1.29, 1.82) is 5.26 Å². The zero-order valence-corrected chi connectivity index (χ0v) is 9.68. The summed E-state index contributed by atoms with van der Waals surface area (Å²) in [6, 6.07) is 3.26. The van der Waals surface area contributed by atoms with E-state index in [1.807, 2.05) is 0 Å². The number of rotatable bonds is 2. The first kappa shape index (κ1) is 12.5. The molecule has 0 atom stereocenters. The second-order valence-electron chi connectivity index (χ2n) is 3.80. The molecule has 0 saturated carbocycles. The zero-order chi connectivity index (χ0) is 13.1. The van der Waals surface area contributed by atoms with Crippen LogP contribution in [0.2, 0.25) is 0 Å². The third-order valence-corrected chi connectivity index (χ3v) is 2.78. The van der Waals surface area contributed by atoms with E-state index in [4.69, 9.17) is 19.9 Å². The summed E-state index contributed by atoms with van der Waals surface area (Å²) in [4.78, 5) is 0. The minimum atomic E-state index is -0.713. The van der Waals surface area contributed by atoms with Crippen LogP contribution in [-0.4, -0.2) is 24.6 Å².